The van der Waals surface area contributed by atoms with E-state index in [1.165, 1.54) is 11.1 Å². The van der Waals surface area contributed by atoms with Gasteiger partial charge in [0.15, 0.2) is 0 Å². The highest BCUT2D eigenvalue weighted by molar-refractivity contribution is 5.93. The SMILES string of the molecule is Cc1ccccc1-c1ccc2c(NCCCO)nc(N)nc2c1. The smallest absolute Gasteiger partial charge is 0.222 e. The molecule has 5 heteroatoms. The van der Waals surface area contributed by atoms with Gasteiger partial charge in [0, 0.05) is 18.5 Å². The molecule has 118 valence electrons. The van der Waals surface area contributed by atoms with E-state index in [1.807, 2.05) is 24.3 Å². The number of aromatic nitrogens is 2. The maximum Gasteiger partial charge on any atom is 0.222 e. The van der Waals surface area contributed by atoms with Crippen LogP contribution >= 0.6 is 0 Å². The van der Waals surface area contributed by atoms with Crippen molar-refractivity contribution in [2.75, 3.05) is 24.2 Å². The van der Waals surface area contributed by atoms with Gasteiger partial charge in [-0.05, 0) is 42.2 Å². The first-order valence-electron chi connectivity index (χ1n) is 7.67. The summed E-state index contributed by atoms with van der Waals surface area (Å²) in [6.45, 7) is 2.88. The molecule has 3 aromatic rings. The first-order chi connectivity index (χ1) is 11.2. The fourth-order valence-electron chi connectivity index (χ4n) is 2.63. The van der Waals surface area contributed by atoms with Crippen molar-refractivity contribution in [1.29, 1.82) is 0 Å². The molecule has 4 N–H and O–H groups in total. The highest BCUT2D eigenvalue weighted by Gasteiger charge is 2.08. The standard InChI is InChI=1S/C18H20N4O/c1-12-5-2-3-6-14(12)13-7-8-15-16(11-13)21-18(19)22-17(15)20-9-4-10-23/h2-3,5-8,11,23H,4,9-10H2,1H3,(H3,19,20,21,22). The summed E-state index contributed by atoms with van der Waals surface area (Å²) >= 11 is 0. The first kappa shape index (κ1) is 15.2. The third-order valence-corrected chi connectivity index (χ3v) is 3.80. The number of aryl methyl sites for hydroxylation is 1. The molecule has 0 amide bonds. The Kier molecular flexibility index (Phi) is 4.39. The van der Waals surface area contributed by atoms with Crippen LogP contribution < -0.4 is 11.1 Å². The molecular weight excluding hydrogens is 288 g/mol. The number of nitrogen functional groups attached to an aromatic ring is 1. The van der Waals surface area contributed by atoms with Gasteiger partial charge in [0.25, 0.3) is 0 Å². The number of aliphatic hydroxyl groups is 1. The minimum Gasteiger partial charge on any atom is -0.396 e. The van der Waals surface area contributed by atoms with Crippen molar-refractivity contribution in [3.05, 3.63) is 48.0 Å². The molecule has 5 nitrogen and oxygen atoms in total. The van der Waals surface area contributed by atoms with Crippen LogP contribution in [0.5, 0.6) is 0 Å². The summed E-state index contributed by atoms with van der Waals surface area (Å²) in [7, 11) is 0. The van der Waals surface area contributed by atoms with E-state index in [0.29, 0.717) is 18.8 Å². The van der Waals surface area contributed by atoms with Crippen molar-refractivity contribution in [2.24, 2.45) is 0 Å². The minimum atomic E-state index is 0.142. The number of anilines is 2. The monoisotopic (exact) mass is 308 g/mol. The Bertz CT molecular complexity index is 832. The van der Waals surface area contributed by atoms with Crippen LogP contribution in [0.15, 0.2) is 42.5 Å². The molecule has 1 aromatic heterocycles. The van der Waals surface area contributed by atoms with Crippen molar-refractivity contribution in [3.63, 3.8) is 0 Å². The summed E-state index contributed by atoms with van der Waals surface area (Å²) in [6.07, 6.45) is 0.659. The number of fused-ring (bicyclic) bond motifs is 1. The van der Waals surface area contributed by atoms with Crippen LogP contribution in [-0.4, -0.2) is 28.2 Å². The lowest BCUT2D eigenvalue weighted by molar-refractivity contribution is 0.292. The lowest BCUT2D eigenvalue weighted by Crippen LogP contribution is -2.08. The Morgan fingerprint density at radius 2 is 1.96 bits per heavy atom. The van der Waals surface area contributed by atoms with Gasteiger partial charge in [-0.15, -0.1) is 0 Å². The van der Waals surface area contributed by atoms with Crippen molar-refractivity contribution in [2.45, 2.75) is 13.3 Å². The normalized spacial score (nSPS) is 10.9. The summed E-state index contributed by atoms with van der Waals surface area (Å²) in [4.78, 5) is 8.62. The molecule has 0 bridgehead atoms. The van der Waals surface area contributed by atoms with Crippen LogP contribution in [0.3, 0.4) is 0 Å². The molecule has 0 radical (unpaired) electrons. The van der Waals surface area contributed by atoms with Gasteiger partial charge in [-0.25, -0.2) is 4.98 Å². The number of nitrogens with two attached hydrogens (primary N) is 1. The van der Waals surface area contributed by atoms with Crippen molar-refractivity contribution >= 4 is 22.7 Å². The Hall–Kier alpha value is -2.66. The second kappa shape index (κ2) is 6.62. The Morgan fingerprint density at radius 3 is 2.74 bits per heavy atom. The average molecular weight is 308 g/mol. The third-order valence-electron chi connectivity index (χ3n) is 3.80. The largest absolute Gasteiger partial charge is 0.396 e. The van der Waals surface area contributed by atoms with E-state index in [-0.39, 0.29) is 12.6 Å². The summed E-state index contributed by atoms with van der Waals surface area (Å²) in [5, 5.41) is 13.0. The molecule has 0 aliphatic carbocycles. The number of nitrogens with one attached hydrogen (secondary N) is 1. The molecular formula is C18H20N4O. The molecule has 0 aliphatic rings. The van der Waals surface area contributed by atoms with Gasteiger partial charge < -0.3 is 16.2 Å². The van der Waals surface area contributed by atoms with Gasteiger partial charge in [0.2, 0.25) is 5.95 Å². The second-order valence-corrected chi connectivity index (χ2v) is 5.48. The highest BCUT2D eigenvalue weighted by atomic mass is 16.3. The molecule has 0 saturated heterocycles. The Balaban J connectivity index is 2.05. The lowest BCUT2D eigenvalue weighted by Gasteiger charge is -2.11. The molecule has 0 aliphatic heterocycles. The highest BCUT2D eigenvalue weighted by Crippen LogP contribution is 2.29. The molecule has 0 fully saturated rings. The van der Waals surface area contributed by atoms with Gasteiger partial charge >= 0.3 is 0 Å². The van der Waals surface area contributed by atoms with E-state index < -0.39 is 0 Å². The van der Waals surface area contributed by atoms with Crippen LogP contribution in [0, 0.1) is 6.92 Å². The van der Waals surface area contributed by atoms with Crippen molar-refractivity contribution in [3.8, 4) is 11.1 Å². The van der Waals surface area contributed by atoms with Gasteiger partial charge in [-0.1, -0.05) is 30.3 Å². The zero-order valence-corrected chi connectivity index (χ0v) is 13.1. The number of rotatable bonds is 5. The lowest BCUT2D eigenvalue weighted by atomic mass is 9.99. The van der Waals surface area contributed by atoms with Crippen LogP contribution in [0.1, 0.15) is 12.0 Å². The van der Waals surface area contributed by atoms with E-state index >= 15 is 0 Å². The number of hydrogen-bond acceptors (Lipinski definition) is 5. The number of aliphatic hydroxyl groups excluding tert-OH is 1. The van der Waals surface area contributed by atoms with E-state index in [9.17, 15) is 0 Å². The molecule has 0 unspecified atom stereocenters. The van der Waals surface area contributed by atoms with E-state index in [2.05, 4.69) is 40.4 Å². The van der Waals surface area contributed by atoms with Gasteiger partial charge in [0.05, 0.1) is 5.52 Å². The Labute approximate surface area is 135 Å². The molecule has 0 atom stereocenters. The number of nitrogens with zero attached hydrogens (tertiary/aromatic N) is 2. The van der Waals surface area contributed by atoms with E-state index in [0.717, 1.165) is 16.5 Å². The molecule has 2 aromatic carbocycles. The summed E-state index contributed by atoms with van der Waals surface area (Å²) in [6, 6.07) is 14.4. The molecule has 0 saturated carbocycles. The number of hydrogen-bond donors (Lipinski definition) is 3. The predicted octanol–water partition coefficient (Wildman–Crippen LogP) is 2.98. The third kappa shape index (κ3) is 3.24. The van der Waals surface area contributed by atoms with Gasteiger partial charge in [0.1, 0.15) is 5.82 Å². The average Bonchev–Trinajstić information content (AvgIpc) is 2.54. The topological polar surface area (TPSA) is 84.1 Å². The second-order valence-electron chi connectivity index (χ2n) is 5.48. The maximum absolute atomic E-state index is 8.90. The fourth-order valence-corrected chi connectivity index (χ4v) is 2.63. The van der Waals surface area contributed by atoms with Crippen molar-refractivity contribution in [1.82, 2.24) is 9.97 Å². The van der Waals surface area contributed by atoms with Gasteiger partial charge in [-0.3, -0.25) is 0 Å². The molecule has 1 heterocycles. The molecule has 3 rings (SSSR count). The predicted molar refractivity (Wildman–Crippen MR) is 94.3 cm³/mol. The van der Waals surface area contributed by atoms with E-state index in [4.69, 9.17) is 10.8 Å². The summed E-state index contributed by atoms with van der Waals surface area (Å²) < 4.78 is 0. The fraction of sp³-hybridized carbons (Fsp3) is 0.222. The number of benzene rings is 2. The zero-order valence-electron chi connectivity index (χ0n) is 13.1. The van der Waals surface area contributed by atoms with Gasteiger partial charge in [-0.2, -0.15) is 4.98 Å². The van der Waals surface area contributed by atoms with Crippen molar-refractivity contribution < 1.29 is 5.11 Å². The molecule has 0 spiro atoms. The summed E-state index contributed by atoms with van der Waals surface area (Å²) in [5.74, 6) is 0.947. The first-order valence-corrected chi connectivity index (χ1v) is 7.67. The Morgan fingerprint density at radius 1 is 1.13 bits per heavy atom. The maximum atomic E-state index is 8.90. The van der Waals surface area contributed by atoms with Crippen LogP contribution in [0.4, 0.5) is 11.8 Å². The summed E-state index contributed by atoms with van der Waals surface area (Å²) in [5.41, 5.74) is 10.2. The quantitative estimate of drug-likeness (QED) is 0.631. The van der Waals surface area contributed by atoms with Crippen LogP contribution in [0.25, 0.3) is 22.0 Å². The van der Waals surface area contributed by atoms with E-state index in [1.54, 1.807) is 0 Å². The molecule has 23 heavy (non-hydrogen) atoms. The zero-order chi connectivity index (χ0) is 16.2. The minimum absolute atomic E-state index is 0.142. The van der Waals surface area contributed by atoms with Crippen LogP contribution in [-0.2, 0) is 0 Å². The van der Waals surface area contributed by atoms with Crippen LogP contribution in [0.2, 0.25) is 0 Å².